The quantitative estimate of drug-likeness (QED) is 0.472. The zero-order chi connectivity index (χ0) is 18.5. The number of benzene rings is 2. The number of H-pyrrole nitrogens is 1. The number of aryl methyl sites for hydroxylation is 1. The molecule has 0 spiro atoms. The maximum absolute atomic E-state index is 12.3. The molecule has 0 bridgehead atoms. The van der Waals surface area contributed by atoms with Gasteiger partial charge in [0.2, 0.25) is 0 Å². The van der Waals surface area contributed by atoms with E-state index in [1.165, 1.54) is 5.56 Å². The molecular formula is C19H20BrN5O. The van der Waals surface area contributed by atoms with E-state index in [9.17, 15) is 4.79 Å². The van der Waals surface area contributed by atoms with Crippen molar-refractivity contribution in [2.24, 2.45) is 0 Å². The molecule has 6 nitrogen and oxygen atoms in total. The van der Waals surface area contributed by atoms with Crippen molar-refractivity contribution in [2.45, 2.75) is 19.8 Å². The summed E-state index contributed by atoms with van der Waals surface area (Å²) >= 11 is 3.55. The van der Waals surface area contributed by atoms with Gasteiger partial charge in [0.25, 0.3) is 0 Å². The van der Waals surface area contributed by atoms with E-state index in [1.807, 2.05) is 42.5 Å². The fraction of sp³-hybridized carbons (Fsp3) is 0.158. The lowest BCUT2D eigenvalue weighted by Crippen LogP contribution is -2.19. The number of imidazole rings is 1. The minimum absolute atomic E-state index is 0.304. The predicted octanol–water partition coefficient (Wildman–Crippen LogP) is 5.02. The number of nitrogen functional groups attached to an aromatic ring is 1. The molecule has 7 heteroatoms. The molecule has 1 heterocycles. The number of hydrogen-bond donors (Lipinski definition) is 4. The van der Waals surface area contributed by atoms with Crippen LogP contribution >= 0.6 is 15.9 Å². The maximum atomic E-state index is 12.3. The van der Waals surface area contributed by atoms with E-state index in [0.29, 0.717) is 11.6 Å². The van der Waals surface area contributed by atoms with Crippen molar-refractivity contribution in [2.75, 3.05) is 16.4 Å². The number of urea groups is 1. The van der Waals surface area contributed by atoms with Crippen LogP contribution in [0.3, 0.4) is 0 Å². The minimum Gasteiger partial charge on any atom is -0.369 e. The van der Waals surface area contributed by atoms with Gasteiger partial charge in [0.05, 0.1) is 11.9 Å². The summed E-state index contributed by atoms with van der Waals surface area (Å²) in [5, 5.41) is 5.68. The number of nitrogens with one attached hydrogen (secondary N) is 3. The first kappa shape index (κ1) is 18.0. The summed E-state index contributed by atoms with van der Waals surface area (Å²) in [4.78, 5) is 19.2. The van der Waals surface area contributed by atoms with E-state index in [0.717, 1.165) is 34.3 Å². The van der Waals surface area contributed by atoms with Gasteiger partial charge in [0.1, 0.15) is 0 Å². The first-order valence-electron chi connectivity index (χ1n) is 8.32. The molecule has 3 rings (SSSR count). The SMILES string of the molecule is CCCc1ccc(NC(=O)Nc2cccc(-c3cnc(N)[nH]3)c2)cc1Br. The predicted molar refractivity (Wildman–Crippen MR) is 109 cm³/mol. The standard InChI is InChI=1S/C19H20BrN5O/c1-2-4-12-7-8-15(10-16(12)20)24-19(26)23-14-6-3-5-13(9-14)17-11-22-18(21)25-17/h3,5-11H,2,4H2,1H3,(H3,21,22,25)(H2,23,24,26). The second-order valence-corrected chi connectivity index (χ2v) is 6.75. The van der Waals surface area contributed by atoms with E-state index < -0.39 is 0 Å². The van der Waals surface area contributed by atoms with Crippen LogP contribution in [0.1, 0.15) is 18.9 Å². The fourth-order valence-corrected chi connectivity index (χ4v) is 3.22. The Kier molecular flexibility index (Phi) is 5.58. The van der Waals surface area contributed by atoms with Crippen LogP contribution in [0, 0.1) is 0 Å². The van der Waals surface area contributed by atoms with E-state index >= 15 is 0 Å². The molecule has 5 N–H and O–H groups in total. The molecule has 3 aromatic rings. The molecule has 0 radical (unpaired) electrons. The summed E-state index contributed by atoms with van der Waals surface area (Å²) in [5.41, 5.74) is 9.92. The van der Waals surface area contributed by atoms with E-state index in [2.05, 4.69) is 43.5 Å². The molecule has 2 amide bonds. The van der Waals surface area contributed by atoms with E-state index in [4.69, 9.17) is 5.73 Å². The third-order valence-electron chi connectivity index (χ3n) is 3.86. The number of aromatic nitrogens is 2. The van der Waals surface area contributed by atoms with Crippen LogP contribution in [0.25, 0.3) is 11.3 Å². The van der Waals surface area contributed by atoms with Crippen molar-refractivity contribution in [3.8, 4) is 11.3 Å². The average molecular weight is 414 g/mol. The summed E-state index contributed by atoms with van der Waals surface area (Å²) in [5.74, 6) is 0.355. The number of carbonyl (C=O) groups excluding carboxylic acids is 1. The molecule has 0 unspecified atom stereocenters. The van der Waals surface area contributed by atoms with Gasteiger partial charge in [-0.1, -0.05) is 47.5 Å². The number of nitrogens with zero attached hydrogens (tertiary/aromatic N) is 1. The molecule has 0 fully saturated rings. The largest absolute Gasteiger partial charge is 0.369 e. The summed E-state index contributed by atoms with van der Waals surface area (Å²) < 4.78 is 0.996. The summed E-state index contributed by atoms with van der Waals surface area (Å²) in [6, 6.07) is 13.0. The number of halogens is 1. The fourth-order valence-electron chi connectivity index (χ4n) is 2.64. The Morgan fingerprint density at radius 3 is 2.62 bits per heavy atom. The lowest BCUT2D eigenvalue weighted by atomic mass is 10.1. The zero-order valence-corrected chi connectivity index (χ0v) is 15.9. The average Bonchev–Trinajstić information content (AvgIpc) is 3.04. The Bertz CT molecular complexity index is 922. The highest BCUT2D eigenvalue weighted by Gasteiger charge is 2.07. The number of aromatic amines is 1. The second kappa shape index (κ2) is 8.05. The van der Waals surface area contributed by atoms with Gasteiger partial charge in [-0.25, -0.2) is 9.78 Å². The first-order chi connectivity index (χ1) is 12.5. The minimum atomic E-state index is -0.304. The van der Waals surface area contributed by atoms with Gasteiger partial charge in [0.15, 0.2) is 5.95 Å². The zero-order valence-electron chi connectivity index (χ0n) is 14.3. The topological polar surface area (TPSA) is 95.8 Å². The third kappa shape index (κ3) is 4.43. The summed E-state index contributed by atoms with van der Waals surface area (Å²) in [6.45, 7) is 2.14. The monoisotopic (exact) mass is 413 g/mol. The number of nitrogens with two attached hydrogens (primary N) is 1. The van der Waals surface area contributed by atoms with Gasteiger partial charge in [-0.05, 0) is 36.2 Å². The molecule has 1 aromatic heterocycles. The second-order valence-electron chi connectivity index (χ2n) is 5.90. The van der Waals surface area contributed by atoms with Crippen LogP contribution < -0.4 is 16.4 Å². The van der Waals surface area contributed by atoms with Gasteiger partial charge < -0.3 is 21.4 Å². The van der Waals surface area contributed by atoms with Crippen LogP contribution in [0.15, 0.2) is 53.1 Å². The van der Waals surface area contributed by atoms with Crippen molar-refractivity contribution in [1.29, 1.82) is 0 Å². The van der Waals surface area contributed by atoms with Gasteiger partial charge in [-0.15, -0.1) is 0 Å². The highest BCUT2D eigenvalue weighted by Crippen LogP contribution is 2.24. The Morgan fingerprint density at radius 2 is 1.96 bits per heavy atom. The van der Waals surface area contributed by atoms with Crippen molar-refractivity contribution in [3.63, 3.8) is 0 Å². The van der Waals surface area contributed by atoms with Gasteiger partial charge in [-0.3, -0.25) is 0 Å². The Morgan fingerprint density at radius 1 is 1.19 bits per heavy atom. The van der Waals surface area contributed by atoms with Gasteiger partial charge in [0, 0.05) is 21.4 Å². The normalized spacial score (nSPS) is 10.5. The van der Waals surface area contributed by atoms with Gasteiger partial charge in [-0.2, -0.15) is 0 Å². The Hall–Kier alpha value is -2.80. The third-order valence-corrected chi connectivity index (χ3v) is 4.60. The molecule has 26 heavy (non-hydrogen) atoms. The van der Waals surface area contributed by atoms with Crippen molar-refractivity contribution < 1.29 is 4.79 Å². The molecule has 0 aliphatic heterocycles. The molecule has 2 aromatic carbocycles. The van der Waals surface area contributed by atoms with Crippen molar-refractivity contribution in [3.05, 3.63) is 58.7 Å². The lowest BCUT2D eigenvalue weighted by Gasteiger charge is -2.10. The number of hydrogen-bond acceptors (Lipinski definition) is 3. The molecule has 0 atom stereocenters. The van der Waals surface area contributed by atoms with E-state index in [1.54, 1.807) is 6.20 Å². The number of amides is 2. The lowest BCUT2D eigenvalue weighted by molar-refractivity contribution is 0.262. The van der Waals surface area contributed by atoms with Crippen LogP contribution in [0.4, 0.5) is 22.1 Å². The van der Waals surface area contributed by atoms with Crippen molar-refractivity contribution in [1.82, 2.24) is 9.97 Å². The number of anilines is 3. The highest BCUT2D eigenvalue weighted by molar-refractivity contribution is 9.10. The Labute approximate surface area is 160 Å². The molecule has 0 saturated carbocycles. The molecular weight excluding hydrogens is 394 g/mol. The molecule has 0 aliphatic rings. The molecule has 0 saturated heterocycles. The number of carbonyl (C=O) groups is 1. The number of rotatable bonds is 5. The van der Waals surface area contributed by atoms with Gasteiger partial charge >= 0.3 is 6.03 Å². The van der Waals surface area contributed by atoms with Crippen LogP contribution in [-0.2, 0) is 6.42 Å². The van der Waals surface area contributed by atoms with E-state index in [-0.39, 0.29) is 6.03 Å². The Balaban J connectivity index is 1.67. The van der Waals surface area contributed by atoms with Crippen LogP contribution in [0.2, 0.25) is 0 Å². The smallest absolute Gasteiger partial charge is 0.323 e. The summed E-state index contributed by atoms with van der Waals surface area (Å²) in [6.07, 6.45) is 3.73. The molecule has 134 valence electrons. The highest BCUT2D eigenvalue weighted by atomic mass is 79.9. The summed E-state index contributed by atoms with van der Waals surface area (Å²) in [7, 11) is 0. The first-order valence-corrected chi connectivity index (χ1v) is 9.12. The van der Waals surface area contributed by atoms with Crippen LogP contribution in [0.5, 0.6) is 0 Å². The van der Waals surface area contributed by atoms with Crippen molar-refractivity contribution >= 4 is 39.3 Å². The maximum Gasteiger partial charge on any atom is 0.323 e. The molecule has 0 aliphatic carbocycles. The van der Waals surface area contributed by atoms with Crippen LogP contribution in [-0.4, -0.2) is 16.0 Å².